The van der Waals surface area contributed by atoms with E-state index in [0.717, 1.165) is 11.3 Å². The lowest BCUT2D eigenvalue weighted by Gasteiger charge is -2.45. The van der Waals surface area contributed by atoms with E-state index in [4.69, 9.17) is 14.2 Å². The molecule has 0 spiro atoms. The van der Waals surface area contributed by atoms with Crippen LogP contribution in [0.15, 0.2) is 29.3 Å². The van der Waals surface area contributed by atoms with E-state index in [2.05, 4.69) is 15.6 Å². The van der Waals surface area contributed by atoms with Crippen molar-refractivity contribution >= 4 is 23.9 Å². The third-order valence-corrected chi connectivity index (χ3v) is 8.62. The second-order valence-electron chi connectivity index (χ2n) is 13.5. The van der Waals surface area contributed by atoms with Gasteiger partial charge in [-0.3, -0.25) is 14.5 Å². The molecular formula is C32H48N4O6. The van der Waals surface area contributed by atoms with Gasteiger partial charge in [0.1, 0.15) is 17.0 Å². The minimum atomic E-state index is -0.762. The van der Waals surface area contributed by atoms with E-state index in [9.17, 15) is 14.4 Å². The number of amides is 3. The number of rotatable bonds is 9. The lowest BCUT2D eigenvalue weighted by Crippen LogP contribution is -2.65. The fourth-order valence-corrected chi connectivity index (χ4v) is 6.23. The second-order valence-corrected chi connectivity index (χ2v) is 13.5. The van der Waals surface area contributed by atoms with Crippen LogP contribution in [0.2, 0.25) is 0 Å². The number of ether oxygens (including phenoxy) is 3. The number of nitrogens with one attached hydrogen (secondary N) is 2. The van der Waals surface area contributed by atoms with Crippen LogP contribution < -0.4 is 15.4 Å². The van der Waals surface area contributed by atoms with Gasteiger partial charge in [0.15, 0.2) is 0 Å². The van der Waals surface area contributed by atoms with Crippen LogP contribution in [0.25, 0.3) is 0 Å². The summed E-state index contributed by atoms with van der Waals surface area (Å²) in [7, 11) is 1.61. The molecule has 3 amide bonds. The van der Waals surface area contributed by atoms with Crippen LogP contribution in [0.3, 0.4) is 0 Å². The Labute approximate surface area is 249 Å². The fourth-order valence-electron chi connectivity index (χ4n) is 6.23. The summed E-state index contributed by atoms with van der Waals surface area (Å²) >= 11 is 0. The molecule has 2 N–H and O–H groups in total. The first-order chi connectivity index (χ1) is 19.7. The first kappa shape index (κ1) is 31.8. The molecule has 0 bridgehead atoms. The fraction of sp³-hybridized carbons (Fsp3) is 0.688. The van der Waals surface area contributed by atoms with Crippen LogP contribution in [-0.4, -0.2) is 65.3 Å². The Kier molecular flexibility index (Phi) is 9.25. The topological polar surface area (TPSA) is 119 Å². The SMILES string of the molecule is CCC1(CC)CC(=O)N([C@H](CCOC)[C@H]2C[C@@H]2C(=O)N[C@H]2CC(C)(C)Oc3ccccc32)C(=NC(=O)OC(C)(C)C)N1. The van der Waals surface area contributed by atoms with Crippen molar-refractivity contribution in [2.45, 2.75) is 116 Å². The summed E-state index contributed by atoms with van der Waals surface area (Å²) in [5.41, 5.74) is -0.690. The summed E-state index contributed by atoms with van der Waals surface area (Å²) in [6.45, 7) is 13.8. The highest BCUT2D eigenvalue weighted by molar-refractivity contribution is 6.04. The molecule has 42 heavy (non-hydrogen) atoms. The summed E-state index contributed by atoms with van der Waals surface area (Å²) in [5, 5.41) is 6.71. The average Bonchev–Trinajstić information content (AvgIpc) is 3.69. The highest BCUT2D eigenvalue weighted by atomic mass is 16.6. The minimum absolute atomic E-state index is 0.0422. The number of benzene rings is 1. The highest BCUT2D eigenvalue weighted by Gasteiger charge is 2.54. The molecule has 4 rings (SSSR count). The largest absolute Gasteiger partial charge is 0.487 e. The Balaban J connectivity index is 1.58. The molecule has 2 aliphatic heterocycles. The number of carbonyl (C=O) groups is 3. The normalized spacial score (nSPS) is 26.0. The van der Waals surface area contributed by atoms with E-state index in [1.54, 1.807) is 32.8 Å². The lowest BCUT2D eigenvalue weighted by molar-refractivity contribution is -0.134. The van der Waals surface area contributed by atoms with Gasteiger partial charge >= 0.3 is 6.09 Å². The molecule has 1 aliphatic carbocycles. The smallest absolute Gasteiger partial charge is 0.437 e. The van der Waals surface area contributed by atoms with Crippen molar-refractivity contribution in [3.63, 3.8) is 0 Å². The van der Waals surface area contributed by atoms with E-state index in [0.29, 0.717) is 38.7 Å². The van der Waals surface area contributed by atoms with Gasteiger partial charge in [-0.15, -0.1) is 4.99 Å². The molecule has 232 valence electrons. The van der Waals surface area contributed by atoms with Gasteiger partial charge in [-0.25, -0.2) is 4.79 Å². The Morgan fingerprint density at radius 2 is 1.90 bits per heavy atom. The standard InChI is InChI=1S/C32H48N4O6/c1-9-32(10-2)19-26(37)36(28(35-32)34-29(39)42-30(3,4)5)24(15-16-40-8)21-17-22(21)27(38)33-23-18-31(6,7)41-25-14-12-11-13-20(23)25/h11-14,21-24H,9-10,15-19H2,1-8H3,(H,33,38)(H,34,35,39)/t21-,22-,23-,24+/m0/s1. The van der Waals surface area contributed by atoms with Gasteiger partial charge in [0, 0.05) is 43.2 Å². The molecule has 3 aliphatic rings. The van der Waals surface area contributed by atoms with Crippen molar-refractivity contribution in [3.05, 3.63) is 29.8 Å². The van der Waals surface area contributed by atoms with E-state index in [1.807, 2.05) is 52.0 Å². The van der Waals surface area contributed by atoms with Crippen molar-refractivity contribution in [2.75, 3.05) is 13.7 Å². The Morgan fingerprint density at radius 3 is 2.55 bits per heavy atom. The van der Waals surface area contributed by atoms with Crippen LogP contribution in [0, 0.1) is 11.8 Å². The highest BCUT2D eigenvalue weighted by Crippen LogP contribution is 2.47. The molecule has 10 heteroatoms. The Bertz CT molecular complexity index is 1200. The Hall–Kier alpha value is -3.14. The van der Waals surface area contributed by atoms with Crippen LogP contribution in [0.5, 0.6) is 5.75 Å². The van der Waals surface area contributed by atoms with Gasteiger partial charge in [-0.2, -0.15) is 0 Å². The molecular weight excluding hydrogens is 536 g/mol. The van der Waals surface area contributed by atoms with Crippen LogP contribution in [0.4, 0.5) is 4.79 Å². The second kappa shape index (κ2) is 12.2. The number of hydrogen-bond donors (Lipinski definition) is 2. The number of aliphatic imine (C=N–C) groups is 1. The van der Waals surface area contributed by atoms with Gasteiger partial charge in [-0.1, -0.05) is 32.0 Å². The molecule has 1 saturated carbocycles. The number of methoxy groups -OCH3 is 1. The first-order valence-electron chi connectivity index (χ1n) is 15.2. The minimum Gasteiger partial charge on any atom is -0.487 e. The maximum Gasteiger partial charge on any atom is 0.437 e. The third-order valence-electron chi connectivity index (χ3n) is 8.62. The lowest BCUT2D eigenvalue weighted by atomic mass is 9.86. The molecule has 1 aromatic carbocycles. The maximum atomic E-state index is 13.8. The van der Waals surface area contributed by atoms with E-state index in [-0.39, 0.29) is 48.1 Å². The summed E-state index contributed by atoms with van der Waals surface area (Å²) in [6, 6.07) is 7.27. The average molecular weight is 585 g/mol. The van der Waals surface area contributed by atoms with Gasteiger partial charge in [0.25, 0.3) is 0 Å². The first-order valence-corrected chi connectivity index (χ1v) is 15.2. The van der Waals surface area contributed by atoms with Crippen LogP contribution >= 0.6 is 0 Å². The quantitative estimate of drug-likeness (QED) is 0.414. The zero-order valence-electron chi connectivity index (χ0n) is 26.4. The van der Waals surface area contributed by atoms with E-state index >= 15 is 0 Å². The number of nitrogens with zero attached hydrogens (tertiary/aromatic N) is 2. The Morgan fingerprint density at radius 1 is 1.21 bits per heavy atom. The molecule has 1 saturated heterocycles. The number of para-hydroxylation sites is 1. The molecule has 1 aromatic rings. The summed E-state index contributed by atoms with van der Waals surface area (Å²) in [4.78, 5) is 46.2. The molecule has 4 atom stereocenters. The molecule has 0 unspecified atom stereocenters. The van der Waals surface area contributed by atoms with E-state index < -0.39 is 22.8 Å². The number of hydrogen-bond acceptors (Lipinski definition) is 6. The predicted molar refractivity (Wildman–Crippen MR) is 160 cm³/mol. The third kappa shape index (κ3) is 7.25. The van der Waals surface area contributed by atoms with Gasteiger partial charge in [-0.05, 0) is 72.3 Å². The van der Waals surface area contributed by atoms with Crippen molar-refractivity contribution in [3.8, 4) is 5.75 Å². The van der Waals surface area contributed by atoms with Crippen LogP contribution in [0.1, 0.15) is 98.6 Å². The molecule has 2 fully saturated rings. The van der Waals surface area contributed by atoms with Crippen molar-refractivity contribution in [1.82, 2.24) is 15.5 Å². The summed E-state index contributed by atoms with van der Waals surface area (Å²) < 4.78 is 17.0. The summed E-state index contributed by atoms with van der Waals surface area (Å²) in [5.74, 6) is 0.439. The molecule has 0 aromatic heterocycles. The molecule has 2 heterocycles. The summed E-state index contributed by atoms with van der Waals surface area (Å²) in [6.07, 6.45) is 2.68. The van der Waals surface area contributed by atoms with Crippen LogP contribution in [-0.2, 0) is 19.1 Å². The zero-order chi connectivity index (χ0) is 30.9. The molecule has 10 nitrogen and oxygen atoms in total. The van der Waals surface area contributed by atoms with Crippen molar-refractivity contribution < 1.29 is 28.6 Å². The predicted octanol–water partition coefficient (Wildman–Crippen LogP) is 5.12. The van der Waals surface area contributed by atoms with Crippen molar-refractivity contribution in [1.29, 1.82) is 0 Å². The maximum absolute atomic E-state index is 13.8. The number of fused-ring (bicyclic) bond motifs is 1. The molecule has 0 radical (unpaired) electrons. The zero-order valence-corrected chi connectivity index (χ0v) is 26.4. The van der Waals surface area contributed by atoms with Gasteiger partial charge < -0.3 is 24.8 Å². The monoisotopic (exact) mass is 584 g/mol. The van der Waals surface area contributed by atoms with Gasteiger partial charge in [0.05, 0.1) is 12.5 Å². The van der Waals surface area contributed by atoms with Crippen molar-refractivity contribution in [2.24, 2.45) is 16.8 Å². The van der Waals surface area contributed by atoms with Gasteiger partial charge in [0.2, 0.25) is 17.8 Å². The number of guanidine groups is 1. The number of carbonyl (C=O) groups excluding carboxylic acids is 3. The van der Waals surface area contributed by atoms with E-state index in [1.165, 1.54) is 0 Å².